The number of halogens is 2. The van der Waals surface area contributed by atoms with Gasteiger partial charge in [-0.3, -0.25) is 0 Å². The van der Waals surface area contributed by atoms with Crippen LogP contribution in [-0.4, -0.2) is 6.54 Å². The molecule has 0 amide bonds. The van der Waals surface area contributed by atoms with Crippen molar-refractivity contribution in [2.75, 3.05) is 12.3 Å². The summed E-state index contributed by atoms with van der Waals surface area (Å²) >= 11 is 0. The monoisotopic (exact) mass is 196 g/mol. The number of nitrogen functional groups attached to an aromatic ring is 1. The smallest absolute Gasteiger partial charge is 0.143 e. The van der Waals surface area contributed by atoms with Crippen LogP contribution in [0.1, 0.15) is 12.0 Å². The molecule has 0 heterocycles. The molecular weight excluding hydrogens is 186 g/mol. The molecule has 2 nitrogen and oxygen atoms in total. The quantitative estimate of drug-likeness (QED) is 0.524. The maximum atomic E-state index is 13.1. The second-order valence-corrected chi connectivity index (χ2v) is 2.70. The molecule has 1 rings (SSSR count). The highest BCUT2D eigenvalue weighted by Gasteiger charge is 2.06. The predicted octanol–water partition coefficient (Wildman–Crippen LogP) is 1.25. The Morgan fingerprint density at radius 2 is 1.79 bits per heavy atom. The van der Waals surface area contributed by atoms with Gasteiger partial charge in [-0.05, 0) is 12.1 Å². The minimum Gasteiger partial charge on any atom is -0.399 e. The molecule has 0 saturated heterocycles. The molecule has 0 aliphatic carbocycles. The van der Waals surface area contributed by atoms with E-state index in [1.807, 2.05) is 0 Å². The third-order valence-electron chi connectivity index (χ3n) is 1.55. The Bertz CT molecular complexity index is 368. The minimum absolute atomic E-state index is 0.0457. The van der Waals surface area contributed by atoms with Crippen LogP contribution in [0, 0.1) is 23.5 Å². The molecule has 4 heteroatoms. The van der Waals surface area contributed by atoms with Crippen molar-refractivity contribution in [3.8, 4) is 11.8 Å². The van der Waals surface area contributed by atoms with Crippen LogP contribution in [0.2, 0.25) is 0 Å². The summed E-state index contributed by atoms with van der Waals surface area (Å²) in [6.07, 6.45) is 0.406. The molecule has 4 N–H and O–H groups in total. The molecule has 14 heavy (non-hydrogen) atoms. The van der Waals surface area contributed by atoms with Gasteiger partial charge in [-0.15, -0.1) is 0 Å². The van der Waals surface area contributed by atoms with Gasteiger partial charge in [0, 0.05) is 18.7 Å². The van der Waals surface area contributed by atoms with Crippen LogP contribution >= 0.6 is 0 Å². The van der Waals surface area contributed by atoms with Gasteiger partial charge in [-0.2, -0.15) is 0 Å². The van der Waals surface area contributed by atoms with Crippen molar-refractivity contribution in [2.45, 2.75) is 6.42 Å². The summed E-state index contributed by atoms with van der Waals surface area (Å²) < 4.78 is 26.2. The Hall–Kier alpha value is -1.60. The van der Waals surface area contributed by atoms with Gasteiger partial charge in [0.15, 0.2) is 0 Å². The first-order chi connectivity index (χ1) is 6.65. The van der Waals surface area contributed by atoms with Crippen LogP contribution in [-0.2, 0) is 0 Å². The van der Waals surface area contributed by atoms with E-state index in [0.29, 0.717) is 13.0 Å². The van der Waals surface area contributed by atoms with Gasteiger partial charge in [-0.25, -0.2) is 8.78 Å². The first-order valence-corrected chi connectivity index (χ1v) is 4.08. The fourth-order valence-electron chi connectivity index (χ4n) is 0.935. The van der Waals surface area contributed by atoms with E-state index in [2.05, 4.69) is 11.8 Å². The van der Waals surface area contributed by atoms with E-state index in [1.54, 1.807) is 0 Å². The summed E-state index contributed by atoms with van der Waals surface area (Å²) in [5.74, 6) is 3.44. The molecule has 0 aliphatic rings. The number of rotatable bonds is 1. The fraction of sp³-hybridized carbons (Fsp3) is 0.200. The molecular formula is C10H10F2N2. The van der Waals surface area contributed by atoms with Gasteiger partial charge < -0.3 is 11.5 Å². The highest BCUT2D eigenvalue weighted by Crippen LogP contribution is 2.15. The van der Waals surface area contributed by atoms with Gasteiger partial charge in [-0.1, -0.05) is 11.8 Å². The average molecular weight is 196 g/mol. The lowest BCUT2D eigenvalue weighted by Crippen LogP contribution is -1.97. The molecule has 0 unspecified atom stereocenters. The normalized spacial score (nSPS) is 9.36. The van der Waals surface area contributed by atoms with E-state index in [1.165, 1.54) is 0 Å². The Morgan fingerprint density at radius 3 is 2.29 bits per heavy atom. The molecule has 0 fully saturated rings. The number of anilines is 1. The second kappa shape index (κ2) is 4.58. The standard InChI is InChI=1S/C10H10F2N2/c11-9-5-7(14)6-10(12)8(9)3-1-2-4-13/h5-6H,2,4,13-14H2. The SMILES string of the molecule is NCCC#Cc1c(F)cc(N)cc1F. The molecule has 0 radical (unpaired) electrons. The Kier molecular flexibility index (Phi) is 3.43. The van der Waals surface area contributed by atoms with E-state index < -0.39 is 11.6 Å². The summed E-state index contributed by atoms with van der Waals surface area (Å²) in [6, 6.07) is 2.07. The predicted molar refractivity (Wildman–Crippen MR) is 51.3 cm³/mol. The lowest BCUT2D eigenvalue weighted by atomic mass is 10.2. The maximum Gasteiger partial charge on any atom is 0.143 e. The Balaban J connectivity index is 3.04. The first-order valence-electron chi connectivity index (χ1n) is 4.08. The van der Waals surface area contributed by atoms with Crippen molar-refractivity contribution in [3.05, 3.63) is 29.3 Å². The average Bonchev–Trinajstić information content (AvgIpc) is 2.09. The van der Waals surface area contributed by atoms with Gasteiger partial charge in [0.2, 0.25) is 0 Å². The van der Waals surface area contributed by atoms with E-state index in [9.17, 15) is 8.78 Å². The molecule has 1 aromatic carbocycles. The maximum absolute atomic E-state index is 13.1. The first kappa shape index (κ1) is 10.5. The van der Waals surface area contributed by atoms with Crippen LogP contribution in [0.4, 0.5) is 14.5 Å². The van der Waals surface area contributed by atoms with Crippen LogP contribution < -0.4 is 11.5 Å². The molecule has 0 aliphatic heterocycles. The van der Waals surface area contributed by atoms with Crippen LogP contribution in [0.25, 0.3) is 0 Å². The summed E-state index contributed by atoms with van der Waals surface area (Å²) in [5.41, 5.74) is 10.2. The van der Waals surface area contributed by atoms with Crippen molar-refractivity contribution in [3.63, 3.8) is 0 Å². The molecule has 1 aromatic rings. The van der Waals surface area contributed by atoms with Crippen LogP contribution in [0.15, 0.2) is 12.1 Å². The molecule has 74 valence electrons. The molecule has 0 bridgehead atoms. The second-order valence-electron chi connectivity index (χ2n) is 2.70. The topological polar surface area (TPSA) is 52.0 Å². The summed E-state index contributed by atoms with van der Waals surface area (Å²) in [5, 5.41) is 0. The van der Waals surface area contributed by atoms with E-state index >= 15 is 0 Å². The van der Waals surface area contributed by atoms with Crippen molar-refractivity contribution >= 4 is 5.69 Å². The molecule has 0 aromatic heterocycles. The zero-order valence-electron chi connectivity index (χ0n) is 7.48. The highest BCUT2D eigenvalue weighted by molar-refractivity contribution is 5.47. The van der Waals surface area contributed by atoms with Crippen molar-refractivity contribution < 1.29 is 8.78 Å². The molecule has 0 saturated carbocycles. The van der Waals surface area contributed by atoms with E-state index in [0.717, 1.165) is 12.1 Å². The highest BCUT2D eigenvalue weighted by atomic mass is 19.1. The van der Waals surface area contributed by atoms with E-state index in [-0.39, 0.29) is 11.3 Å². The fourth-order valence-corrected chi connectivity index (χ4v) is 0.935. The lowest BCUT2D eigenvalue weighted by molar-refractivity contribution is 0.578. The van der Waals surface area contributed by atoms with Crippen molar-refractivity contribution in [1.82, 2.24) is 0 Å². The zero-order valence-corrected chi connectivity index (χ0v) is 7.48. The largest absolute Gasteiger partial charge is 0.399 e. The lowest BCUT2D eigenvalue weighted by Gasteiger charge is -1.98. The Labute approximate surface area is 80.9 Å². The van der Waals surface area contributed by atoms with Gasteiger partial charge in [0.25, 0.3) is 0 Å². The molecule has 0 atom stereocenters. The van der Waals surface area contributed by atoms with E-state index in [4.69, 9.17) is 11.5 Å². The third-order valence-corrected chi connectivity index (χ3v) is 1.55. The third kappa shape index (κ3) is 2.44. The zero-order chi connectivity index (χ0) is 10.6. The molecule has 0 spiro atoms. The van der Waals surface area contributed by atoms with Crippen LogP contribution in [0.3, 0.4) is 0 Å². The summed E-state index contributed by atoms with van der Waals surface area (Å²) in [6.45, 7) is 0.366. The number of nitrogens with two attached hydrogens (primary N) is 2. The summed E-state index contributed by atoms with van der Waals surface area (Å²) in [7, 11) is 0. The van der Waals surface area contributed by atoms with Crippen molar-refractivity contribution in [1.29, 1.82) is 0 Å². The van der Waals surface area contributed by atoms with Gasteiger partial charge in [0.05, 0.1) is 5.56 Å². The number of hydrogen-bond donors (Lipinski definition) is 2. The Morgan fingerprint density at radius 1 is 1.21 bits per heavy atom. The summed E-state index contributed by atoms with van der Waals surface area (Å²) in [4.78, 5) is 0. The van der Waals surface area contributed by atoms with Crippen molar-refractivity contribution in [2.24, 2.45) is 5.73 Å². The van der Waals surface area contributed by atoms with Gasteiger partial charge >= 0.3 is 0 Å². The van der Waals surface area contributed by atoms with Gasteiger partial charge in [0.1, 0.15) is 11.6 Å². The van der Waals surface area contributed by atoms with Crippen LogP contribution in [0.5, 0.6) is 0 Å². The minimum atomic E-state index is -0.743. The number of hydrogen-bond acceptors (Lipinski definition) is 2. The number of benzene rings is 1.